The second-order valence-corrected chi connectivity index (χ2v) is 4.00. The molecule has 0 N–H and O–H groups in total. The topological polar surface area (TPSA) is 71.1 Å². The Morgan fingerprint density at radius 2 is 1.50 bits per heavy atom. The zero-order chi connectivity index (χ0) is 15.8. The smallest absolute Gasteiger partial charge is 0.430 e. The third-order valence-corrected chi connectivity index (χ3v) is 2.30. The van der Waals surface area contributed by atoms with Crippen LogP contribution in [-0.2, 0) is 18.9 Å². The fraction of sp³-hybridized carbons (Fsp3) is 0.778. The van der Waals surface area contributed by atoms with Crippen molar-refractivity contribution >= 4 is 12.3 Å². The Morgan fingerprint density at radius 1 is 1.05 bits per heavy atom. The van der Waals surface area contributed by atoms with Gasteiger partial charge < -0.3 is 18.9 Å². The molecule has 2 aliphatic rings. The van der Waals surface area contributed by atoms with E-state index in [9.17, 15) is 31.5 Å². The molecule has 2 saturated heterocycles. The molecular weight excluding hydrogens is 299 g/mol. The number of rotatable bonds is 0. The minimum absolute atomic E-state index is 0.734. The molecule has 3 unspecified atom stereocenters. The number of hydrogen-bond donors (Lipinski definition) is 0. The maximum atomic E-state index is 12.7. The first-order valence-electron chi connectivity index (χ1n) is 5.05. The quantitative estimate of drug-likeness (QED) is 0.506. The lowest BCUT2D eigenvalue weighted by Crippen LogP contribution is -2.39. The van der Waals surface area contributed by atoms with Crippen LogP contribution in [0, 0.1) is 0 Å². The van der Waals surface area contributed by atoms with Crippen LogP contribution >= 0.6 is 0 Å². The Hall–Kier alpha value is -1.81. The van der Waals surface area contributed by atoms with Gasteiger partial charge >= 0.3 is 30.2 Å². The van der Waals surface area contributed by atoms with E-state index in [1.807, 2.05) is 0 Å². The van der Waals surface area contributed by atoms with E-state index in [2.05, 4.69) is 18.9 Å². The minimum Gasteiger partial charge on any atom is -0.430 e. The molecule has 0 aromatic carbocycles. The molecular formula is C9H9F5O6. The Bertz CT molecular complexity index is 386. The normalized spacial score (nSPS) is 36.2. The van der Waals surface area contributed by atoms with Crippen molar-refractivity contribution in [3.05, 3.63) is 0 Å². The van der Waals surface area contributed by atoms with Gasteiger partial charge in [0.1, 0.15) is 6.61 Å². The molecule has 3 atom stereocenters. The van der Waals surface area contributed by atoms with Crippen LogP contribution in [0.4, 0.5) is 31.5 Å². The van der Waals surface area contributed by atoms with Gasteiger partial charge in [-0.25, -0.2) is 9.59 Å². The number of hydrogen-bond acceptors (Lipinski definition) is 6. The molecule has 0 saturated carbocycles. The molecule has 0 spiro atoms. The molecule has 116 valence electrons. The molecule has 2 heterocycles. The summed E-state index contributed by atoms with van der Waals surface area (Å²) >= 11 is 0. The van der Waals surface area contributed by atoms with Crippen LogP contribution < -0.4 is 0 Å². The fourth-order valence-corrected chi connectivity index (χ4v) is 1.01. The molecule has 0 amide bonds. The molecule has 2 fully saturated rings. The van der Waals surface area contributed by atoms with E-state index in [1.165, 1.54) is 0 Å². The van der Waals surface area contributed by atoms with E-state index < -0.39 is 42.9 Å². The summed E-state index contributed by atoms with van der Waals surface area (Å²) in [5.41, 5.74) is 0. The van der Waals surface area contributed by atoms with Crippen molar-refractivity contribution < 1.29 is 50.5 Å². The number of alkyl halides is 5. The van der Waals surface area contributed by atoms with Gasteiger partial charge in [-0.3, -0.25) is 0 Å². The van der Waals surface area contributed by atoms with E-state index in [0.717, 1.165) is 13.8 Å². The van der Waals surface area contributed by atoms with Gasteiger partial charge in [0.05, 0.1) is 0 Å². The van der Waals surface area contributed by atoms with Gasteiger partial charge in [0.25, 0.3) is 0 Å². The van der Waals surface area contributed by atoms with Crippen molar-refractivity contribution in [1.29, 1.82) is 0 Å². The molecule has 6 nitrogen and oxygen atoms in total. The predicted octanol–water partition coefficient (Wildman–Crippen LogP) is 2.61. The van der Waals surface area contributed by atoms with E-state index in [1.54, 1.807) is 0 Å². The first-order chi connectivity index (χ1) is 8.85. The number of carbonyl (C=O) groups excluding carboxylic acids is 2. The Morgan fingerprint density at radius 3 is 1.65 bits per heavy atom. The molecule has 0 radical (unpaired) electrons. The average molecular weight is 308 g/mol. The molecule has 0 bridgehead atoms. The Balaban J connectivity index is 0.000000200. The fourth-order valence-electron chi connectivity index (χ4n) is 1.01. The summed E-state index contributed by atoms with van der Waals surface area (Å²) in [4.78, 5) is 20.1. The van der Waals surface area contributed by atoms with E-state index in [0.29, 0.717) is 0 Å². The van der Waals surface area contributed by atoms with Crippen molar-refractivity contribution in [3.63, 3.8) is 0 Å². The Kier molecular flexibility index (Phi) is 4.02. The highest BCUT2D eigenvalue weighted by molar-refractivity contribution is 5.63. The SMILES string of the molecule is CC1(F)OC(=O)OC1(C)F.O=C1OCC(C(F)(F)F)O1. The number of halogens is 5. The van der Waals surface area contributed by atoms with Crippen molar-refractivity contribution in [2.45, 2.75) is 37.8 Å². The van der Waals surface area contributed by atoms with Crippen molar-refractivity contribution in [1.82, 2.24) is 0 Å². The summed E-state index contributed by atoms with van der Waals surface area (Å²) in [6.45, 7) is 0.845. The van der Waals surface area contributed by atoms with Gasteiger partial charge in [0.2, 0.25) is 6.10 Å². The summed E-state index contributed by atoms with van der Waals surface area (Å²) in [5, 5.41) is 0. The largest absolute Gasteiger partial charge is 0.514 e. The van der Waals surface area contributed by atoms with Crippen LogP contribution in [0.2, 0.25) is 0 Å². The van der Waals surface area contributed by atoms with Crippen LogP contribution in [0.3, 0.4) is 0 Å². The van der Waals surface area contributed by atoms with Crippen molar-refractivity contribution in [2.75, 3.05) is 6.61 Å². The third-order valence-electron chi connectivity index (χ3n) is 2.30. The van der Waals surface area contributed by atoms with Gasteiger partial charge in [-0.1, -0.05) is 0 Å². The van der Waals surface area contributed by atoms with E-state index >= 15 is 0 Å². The highest BCUT2D eigenvalue weighted by atomic mass is 19.4. The minimum atomic E-state index is -4.51. The lowest BCUT2D eigenvalue weighted by Gasteiger charge is -2.19. The molecule has 0 aliphatic carbocycles. The summed E-state index contributed by atoms with van der Waals surface area (Å²) in [6, 6.07) is 0. The number of cyclic esters (lactones) is 4. The predicted molar refractivity (Wildman–Crippen MR) is 48.9 cm³/mol. The number of ether oxygens (including phenoxy) is 4. The zero-order valence-corrected chi connectivity index (χ0v) is 10.1. The lowest BCUT2D eigenvalue weighted by atomic mass is 10.2. The van der Waals surface area contributed by atoms with Crippen LogP contribution in [0.1, 0.15) is 13.8 Å². The van der Waals surface area contributed by atoms with Crippen LogP contribution in [0.5, 0.6) is 0 Å². The van der Waals surface area contributed by atoms with Gasteiger partial charge in [-0.2, -0.15) is 22.0 Å². The molecule has 2 rings (SSSR count). The Labute approximate surface area is 108 Å². The molecule has 2 aliphatic heterocycles. The first-order valence-corrected chi connectivity index (χ1v) is 5.05. The molecule has 20 heavy (non-hydrogen) atoms. The van der Waals surface area contributed by atoms with Gasteiger partial charge in [-0.05, 0) is 0 Å². The summed E-state index contributed by atoms with van der Waals surface area (Å²) < 4.78 is 75.5. The van der Waals surface area contributed by atoms with Crippen LogP contribution in [0.15, 0.2) is 0 Å². The molecule has 0 aromatic rings. The molecule has 11 heteroatoms. The third kappa shape index (κ3) is 3.61. The summed E-state index contributed by atoms with van der Waals surface area (Å²) in [5.74, 6) is -5.35. The van der Waals surface area contributed by atoms with Gasteiger partial charge in [-0.15, -0.1) is 0 Å². The summed E-state index contributed by atoms with van der Waals surface area (Å²) in [6.07, 6.45) is -9.18. The highest BCUT2D eigenvalue weighted by Crippen LogP contribution is 2.38. The van der Waals surface area contributed by atoms with E-state index in [-0.39, 0.29) is 0 Å². The first kappa shape index (κ1) is 16.2. The second kappa shape index (κ2) is 4.94. The maximum absolute atomic E-state index is 12.7. The van der Waals surface area contributed by atoms with Crippen LogP contribution in [0.25, 0.3) is 0 Å². The molecule has 0 aromatic heterocycles. The zero-order valence-electron chi connectivity index (χ0n) is 10.1. The summed E-state index contributed by atoms with van der Waals surface area (Å²) in [7, 11) is 0. The van der Waals surface area contributed by atoms with E-state index in [4.69, 9.17) is 0 Å². The van der Waals surface area contributed by atoms with Gasteiger partial charge in [0.15, 0.2) is 0 Å². The maximum Gasteiger partial charge on any atom is 0.514 e. The highest BCUT2D eigenvalue weighted by Gasteiger charge is 2.59. The van der Waals surface area contributed by atoms with Crippen LogP contribution in [-0.4, -0.2) is 42.9 Å². The monoisotopic (exact) mass is 308 g/mol. The van der Waals surface area contributed by atoms with Crippen molar-refractivity contribution in [2.24, 2.45) is 0 Å². The second-order valence-electron chi connectivity index (χ2n) is 4.00. The van der Waals surface area contributed by atoms with Crippen molar-refractivity contribution in [3.8, 4) is 0 Å². The average Bonchev–Trinajstić information content (AvgIpc) is 2.69. The lowest BCUT2D eigenvalue weighted by molar-refractivity contribution is -0.193. The van der Waals surface area contributed by atoms with Gasteiger partial charge in [0, 0.05) is 13.8 Å². The number of carbonyl (C=O) groups is 2. The standard InChI is InChI=1S/C5H6F2O3.C4H3F3O3/c1-4(6)5(2,7)10-3(8)9-4;5-4(6,7)2-1-9-3(8)10-2/h1-2H3;2H,1H2.